The number of nitrogens with one attached hydrogen (secondary N) is 1. The Morgan fingerprint density at radius 2 is 2.08 bits per heavy atom. The Morgan fingerprint density at radius 1 is 1.46 bits per heavy atom. The van der Waals surface area contributed by atoms with Crippen molar-refractivity contribution in [2.24, 2.45) is 0 Å². The minimum absolute atomic E-state index is 0.455. The molecule has 0 amide bonds. The summed E-state index contributed by atoms with van der Waals surface area (Å²) in [6.07, 6.45) is -4.12. The zero-order chi connectivity index (χ0) is 10.1. The smallest absolute Gasteiger partial charge is 0.311 e. The Morgan fingerprint density at radius 3 is 2.46 bits per heavy atom. The molecule has 13 heavy (non-hydrogen) atoms. The van der Waals surface area contributed by atoms with Gasteiger partial charge in [0.1, 0.15) is 6.04 Å². The average molecular weight is 196 g/mol. The molecule has 78 valence electrons. The molecule has 0 unspecified atom stereocenters. The van der Waals surface area contributed by atoms with Crippen molar-refractivity contribution in [1.82, 2.24) is 10.2 Å². The van der Waals surface area contributed by atoms with Crippen molar-refractivity contribution < 1.29 is 13.2 Å². The molecule has 1 aliphatic heterocycles. The van der Waals surface area contributed by atoms with Crippen LogP contribution in [0.25, 0.3) is 0 Å². The van der Waals surface area contributed by atoms with Crippen LogP contribution < -0.4 is 5.32 Å². The molecule has 2 nitrogen and oxygen atoms in total. The third kappa shape index (κ3) is 2.34. The molecule has 0 saturated carbocycles. The molecule has 0 radical (unpaired) electrons. The Labute approximate surface area is 76.1 Å². The summed E-state index contributed by atoms with van der Waals surface area (Å²) >= 11 is 0. The third-order valence-electron chi connectivity index (χ3n) is 2.47. The molecular weight excluding hydrogens is 181 g/mol. The van der Waals surface area contributed by atoms with Gasteiger partial charge in [0.15, 0.2) is 0 Å². The van der Waals surface area contributed by atoms with Crippen molar-refractivity contribution >= 4 is 0 Å². The van der Waals surface area contributed by atoms with Gasteiger partial charge in [-0.25, -0.2) is 0 Å². The average Bonchev–Trinajstić information content (AvgIpc) is 2.01. The van der Waals surface area contributed by atoms with Crippen LogP contribution in [-0.2, 0) is 0 Å². The second kappa shape index (κ2) is 3.84. The van der Waals surface area contributed by atoms with E-state index in [9.17, 15) is 13.2 Å². The molecule has 5 heteroatoms. The Hall–Kier alpha value is -0.290. The topological polar surface area (TPSA) is 15.3 Å². The number of halogens is 3. The summed E-state index contributed by atoms with van der Waals surface area (Å²) in [4.78, 5) is 1.47. The van der Waals surface area contributed by atoms with E-state index in [0.717, 1.165) is 0 Å². The van der Waals surface area contributed by atoms with Crippen LogP contribution in [0.3, 0.4) is 0 Å². The summed E-state index contributed by atoms with van der Waals surface area (Å²) in [5.74, 6) is 0. The first kappa shape index (κ1) is 10.8. The fourth-order valence-corrected chi connectivity index (χ4v) is 1.85. The van der Waals surface area contributed by atoms with E-state index in [1.165, 1.54) is 4.90 Å². The Kier molecular flexibility index (Phi) is 3.18. The maximum atomic E-state index is 12.5. The maximum absolute atomic E-state index is 12.5. The molecule has 0 spiro atoms. The number of alkyl halides is 3. The van der Waals surface area contributed by atoms with Crippen LogP contribution in [0.2, 0.25) is 0 Å². The third-order valence-corrected chi connectivity index (χ3v) is 2.47. The number of nitrogens with zero attached hydrogens (tertiary/aromatic N) is 1. The van der Waals surface area contributed by atoms with E-state index in [0.29, 0.717) is 19.6 Å². The van der Waals surface area contributed by atoms with Crippen molar-refractivity contribution in [3.63, 3.8) is 0 Å². The molecule has 2 atom stereocenters. The lowest BCUT2D eigenvalue weighted by Gasteiger charge is -2.40. The molecule has 0 aromatic heterocycles. The van der Waals surface area contributed by atoms with Gasteiger partial charge in [-0.3, -0.25) is 4.90 Å². The first-order valence-corrected chi connectivity index (χ1v) is 4.51. The number of hydrogen-bond acceptors (Lipinski definition) is 2. The number of hydrogen-bond donors (Lipinski definition) is 1. The second-order valence-electron chi connectivity index (χ2n) is 3.36. The van der Waals surface area contributed by atoms with E-state index in [4.69, 9.17) is 0 Å². The quantitative estimate of drug-likeness (QED) is 0.678. The summed E-state index contributed by atoms with van der Waals surface area (Å²) in [7, 11) is 0. The highest BCUT2D eigenvalue weighted by atomic mass is 19.4. The van der Waals surface area contributed by atoms with E-state index in [1.807, 2.05) is 0 Å². The number of rotatable bonds is 1. The van der Waals surface area contributed by atoms with Crippen LogP contribution in [0.1, 0.15) is 13.8 Å². The van der Waals surface area contributed by atoms with Gasteiger partial charge in [-0.15, -0.1) is 0 Å². The lowest BCUT2D eigenvalue weighted by Crippen LogP contribution is -2.62. The standard InChI is InChI=1S/C8H15F3N2/c1-3-13-5-4-12-6(2)7(13)8(9,10)11/h6-7,12H,3-5H2,1-2H3/t6-,7-/m1/s1. The molecular formula is C8H15F3N2. The van der Waals surface area contributed by atoms with Crippen molar-refractivity contribution in [2.75, 3.05) is 19.6 Å². The number of piperazine rings is 1. The van der Waals surface area contributed by atoms with E-state index >= 15 is 0 Å². The normalized spacial score (nSPS) is 32.1. The van der Waals surface area contributed by atoms with Crippen LogP contribution in [0.4, 0.5) is 13.2 Å². The van der Waals surface area contributed by atoms with Crippen LogP contribution >= 0.6 is 0 Å². The monoisotopic (exact) mass is 196 g/mol. The predicted molar refractivity (Wildman–Crippen MR) is 44.6 cm³/mol. The molecule has 0 aromatic rings. The van der Waals surface area contributed by atoms with Crippen LogP contribution in [0, 0.1) is 0 Å². The Balaban J connectivity index is 2.73. The molecule has 1 rings (SSSR count). The summed E-state index contributed by atoms with van der Waals surface area (Å²) in [6, 6.07) is -1.83. The van der Waals surface area contributed by atoms with Crippen molar-refractivity contribution in [3.05, 3.63) is 0 Å². The van der Waals surface area contributed by atoms with Crippen LogP contribution in [-0.4, -0.2) is 42.8 Å². The van der Waals surface area contributed by atoms with Gasteiger partial charge in [0.05, 0.1) is 0 Å². The summed E-state index contributed by atoms with van der Waals surface area (Å²) in [5, 5.41) is 2.84. The van der Waals surface area contributed by atoms with E-state index in [-0.39, 0.29) is 0 Å². The molecule has 1 heterocycles. The van der Waals surface area contributed by atoms with Gasteiger partial charge in [0.2, 0.25) is 0 Å². The minimum atomic E-state index is -4.12. The van der Waals surface area contributed by atoms with Gasteiger partial charge in [0.25, 0.3) is 0 Å². The first-order valence-electron chi connectivity index (χ1n) is 4.51. The molecule has 0 bridgehead atoms. The van der Waals surface area contributed by atoms with Gasteiger partial charge >= 0.3 is 6.18 Å². The van der Waals surface area contributed by atoms with Crippen molar-refractivity contribution in [3.8, 4) is 0 Å². The number of likely N-dealkylation sites (N-methyl/N-ethyl adjacent to an activating group) is 1. The summed E-state index contributed by atoms with van der Waals surface area (Å²) in [5.41, 5.74) is 0. The molecule has 1 N–H and O–H groups in total. The van der Waals surface area contributed by atoms with E-state index in [1.54, 1.807) is 13.8 Å². The second-order valence-corrected chi connectivity index (χ2v) is 3.36. The highest BCUT2D eigenvalue weighted by Crippen LogP contribution is 2.28. The van der Waals surface area contributed by atoms with Gasteiger partial charge in [-0.05, 0) is 13.5 Å². The van der Waals surface area contributed by atoms with Gasteiger partial charge < -0.3 is 5.32 Å². The molecule has 1 fully saturated rings. The van der Waals surface area contributed by atoms with Crippen molar-refractivity contribution in [1.29, 1.82) is 0 Å². The van der Waals surface area contributed by atoms with Crippen molar-refractivity contribution in [2.45, 2.75) is 32.1 Å². The van der Waals surface area contributed by atoms with Gasteiger partial charge in [-0.2, -0.15) is 13.2 Å². The maximum Gasteiger partial charge on any atom is 0.405 e. The van der Waals surface area contributed by atoms with E-state index in [2.05, 4.69) is 5.32 Å². The molecule has 0 aromatic carbocycles. The minimum Gasteiger partial charge on any atom is -0.311 e. The largest absolute Gasteiger partial charge is 0.405 e. The van der Waals surface area contributed by atoms with Gasteiger partial charge in [-0.1, -0.05) is 6.92 Å². The first-order chi connectivity index (χ1) is 5.96. The highest BCUT2D eigenvalue weighted by molar-refractivity contribution is 4.91. The summed E-state index contributed by atoms with van der Waals surface area (Å²) in [6.45, 7) is 4.92. The Bertz CT molecular complexity index is 169. The lowest BCUT2D eigenvalue weighted by atomic mass is 10.1. The fraction of sp³-hybridized carbons (Fsp3) is 1.00. The lowest BCUT2D eigenvalue weighted by molar-refractivity contribution is -0.195. The predicted octanol–water partition coefficient (Wildman–Crippen LogP) is 1.23. The molecule has 1 aliphatic rings. The highest BCUT2D eigenvalue weighted by Gasteiger charge is 2.47. The van der Waals surface area contributed by atoms with Gasteiger partial charge in [0, 0.05) is 19.1 Å². The molecule has 0 aliphatic carbocycles. The van der Waals surface area contributed by atoms with E-state index < -0.39 is 18.3 Å². The zero-order valence-electron chi connectivity index (χ0n) is 7.86. The zero-order valence-corrected chi connectivity index (χ0v) is 7.86. The van der Waals surface area contributed by atoms with Crippen LogP contribution in [0.15, 0.2) is 0 Å². The molecule has 1 saturated heterocycles. The SMILES string of the molecule is CCN1CCN[C@H](C)[C@@H]1C(F)(F)F. The fourth-order valence-electron chi connectivity index (χ4n) is 1.85. The van der Waals surface area contributed by atoms with Crippen LogP contribution in [0.5, 0.6) is 0 Å². The summed E-state index contributed by atoms with van der Waals surface area (Å²) < 4.78 is 37.6.